The van der Waals surface area contributed by atoms with Gasteiger partial charge in [0.1, 0.15) is 4.90 Å². The molecule has 0 saturated carbocycles. The second-order valence-corrected chi connectivity index (χ2v) is 8.46. The molecule has 2 rings (SSSR count). The van der Waals surface area contributed by atoms with Crippen molar-refractivity contribution in [2.24, 2.45) is 0 Å². The van der Waals surface area contributed by atoms with E-state index in [9.17, 15) is 25.3 Å². The molecule has 3 N–H and O–H groups in total. The van der Waals surface area contributed by atoms with E-state index >= 15 is 0 Å². The van der Waals surface area contributed by atoms with Crippen molar-refractivity contribution < 1.29 is 38.9 Å². The van der Waals surface area contributed by atoms with E-state index in [2.05, 4.69) is 0 Å². The minimum atomic E-state index is -4.85. The van der Waals surface area contributed by atoms with Crippen LogP contribution in [0, 0.1) is 0 Å². The summed E-state index contributed by atoms with van der Waals surface area (Å²) in [7, 11) is -14.3. The van der Waals surface area contributed by atoms with Crippen molar-refractivity contribution in [1.29, 1.82) is 0 Å². The van der Waals surface area contributed by atoms with Crippen molar-refractivity contribution in [3.05, 3.63) is 30.3 Å². The van der Waals surface area contributed by atoms with Crippen LogP contribution in [-0.2, 0) is 30.4 Å². The fraction of sp³-hybridized carbons (Fsp3) is 0. The third-order valence-electron chi connectivity index (χ3n) is 2.73. The van der Waals surface area contributed by atoms with Crippen molar-refractivity contribution in [2.45, 2.75) is 14.7 Å². The number of fused-ring (bicyclic) bond motifs is 1. The van der Waals surface area contributed by atoms with E-state index < -0.39 is 45.0 Å². The molecular weight excluding hydrogens is 406 g/mol. The molecule has 0 heterocycles. The van der Waals surface area contributed by atoms with Gasteiger partial charge in [-0.2, -0.15) is 25.3 Å². The summed E-state index contributed by atoms with van der Waals surface area (Å²) in [6.45, 7) is 0. The van der Waals surface area contributed by atoms with Gasteiger partial charge in [-0.15, -0.1) is 0 Å². The van der Waals surface area contributed by atoms with Crippen LogP contribution in [0.2, 0.25) is 0 Å². The molecule has 0 atom stereocenters. The summed E-state index contributed by atoms with van der Waals surface area (Å²) in [5, 5.41) is -0.430. The zero-order valence-corrected chi connectivity index (χ0v) is 12.9. The van der Waals surface area contributed by atoms with Crippen LogP contribution in [0.3, 0.4) is 0 Å². The summed E-state index contributed by atoms with van der Waals surface area (Å²) in [4.78, 5) is -2.31. The normalized spacial score (nSPS) is 12.3. The van der Waals surface area contributed by atoms with Crippen molar-refractivity contribution in [3.63, 3.8) is 0 Å². The first-order valence-corrected chi connectivity index (χ1v) is 9.62. The van der Waals surface area contributed by atoms with Gasteiger partial charge in [-0.3, -0.25) is 13.7 Å². The van der Waals surface area contributed by atoms with Gasteiger partial charge in [-0.1, -0.05) is 6.07 Å². The minimum absolute atomic E-state index is 0. The topological polar surface area (TPSA) is 163 Å². The van der Waals surface area contributed by atoms with Gasteiger partial charge in [-0.25, -0.2) is 0 Å². The van der Waals surface area contributed by atoms with Crippen molar-refractivity contribution >= 4 is 100 Å². The molecule has 124 valence electrons. The van der Waals surface area contributed by atoms with Crippen LogP contribution in [0.4, 0.5) is 0 Å². The first kappa shape index (κ1) is 24.4. The fourth-order valence-electron chi connectivity index (χ4n) is 1.81. The van der Waals surface area contributed by atoms with Gasteiger partial charge in [0, 0.05) is 5.39 Å². The number of rotatable bonds is 3. The average Bonchev–Trinajstić information content (AvgIpc) is 2.33. The monoisotopic (exact) mass is 416 g/mol. The van der Waals surface area contributed by atoms with Crippen molar-refractivity contribution in [3.8, 4) is 0 Å². The van der Waals surface area contributed by atoms with E-state index in [1.54, 1.807) is 0 Å². The Morgan fingerprint density at radius 1 is 0.625 bits per heavy atom. The molecule has 24 heavy (non-hydrogen) atoms. The standard InChI is InChI=1S/C10H8O9S3.2Na.2H/c11-20(12,13)7-1-2-9-6(3-7)4-8(21(14,15)16)5-10(9)22(17,18)19;;;;/h1-5H,(H,11,12,13)(H,14,15,16)(H,17,18,19);;;;. The summed E-state index contributed by atoms with van der Waals surface area (Å²) >= 11 is 0. The van der Waals surface area contributed by atoms with Gasteiger partial charge in [0.15, 0.2) is 0 Å². The molecule has 0 bridgehead atoms. The Kier molecular flexibility index (Phi) is 8.12. The first-order valence-electron chi connectivity index (χ1n) is 5.30. The molecule has 0 aromatic heterocycles. The maximum absolute atomic E-state index is 11.3. The molecule has 2 aromatic carbocycles. The van der Waals surface area contributed by atoms with Crippen molar-refractivity contribution in [2.75, 3.05) is 0 Å². The van der Waals surface area contributed by atoms with Gasteiger partial charge in [0.25, 0.3) is 30.4 Å². The summed E-state index contributed by atoms with van der Waals surface area (Å²) in [5.74, 6) is 0. The quantitative estimate of drug-likeness (QED) is 0.433. The summed E-state index contributed by atoms with van der Waals surface area (Å²) in [6, 6.07) is 3.97. The first-order chi connectivity index (χ1) is 9.80. The summed E-state index contributed by atoms with van der Waals surface area (Å²) in [5.41, 5.74) is 0. The number of hydrogen-bond acceptors (Lipinski definition) is 6. The zero-order valence-electron chi connectivity index (χ0n) is 10.4. The molecule has 9 nitrogen and oxygen atoms in total. The molecule has 0 radical (unpaired) electrons. The fourth-order valence-corrected chi connectivity index (χ4v) is 3.68. The molecule has 14 heteroatoms. The summed E-state index contributed by atoms with van der Waals surface area (Å²) in [6.07, 6.45) is 0. The Morgan fingerprint density at radius 3 is 1.50 bits per heavy atom. The number of benzene rings is 2. The van der Waals surface area contributed by atoms with Crippen molar-refractivity contribution in [1.82, 2.24) is 0 Å². The molecule has 0 aliphatic carbocycles. The Hall–Kier alpha value is 0.430. The molecule has 0 fully saturated rings. The molecule has 0 aliphatic heterocycles. The van der Waals surface area contributed by atoms with Crippen LogP contribution < -0.4 is 0 Å². The van der Waals surface area contributed by atoms with E-state index in [0.29, 0.717) is 6.07 Å². The van der Waals surface area contributed by atoms with Crippen LogP contribution in [0.15, 0.2) is 45.0 Å². The number of hydrogen-bond donors (Lipinski definition) is 3. The van der Waals surface area contributed by atoms with E-state index in [0.717, 1.165) is 24.3 Å². The van der Waals surface area contributed by atoms with Crippen LogP contribution in [0.25, 0.3) is 10.8 Å². The molecule has 0 saturated heterocycles. The van der Waals surface area contributed by atoms with Gasteiger partial charge >= 0.3 is 59.1 Å². The predicted molar refractivity (Wildman–Crippen MR) is 87.7 cm³/mol. The molecule has 0 spiro atoms. The van der Waals surface area contributed by atoms with E-state index in [1.165, 1.54) is 0 Å². The second kappa shape index (κ2) is 7.98. The predicted octanol–water partition coefficient (Wildman–Crippen LogP) is -0.717. The van der Waals surface area contributed by atoms with Gasteiger partial charge in [-0.05, 0) is 29.7 Å². The molecule has 0 amide bonds. The van der Waals surface area contributed by atoms with Crippen LogP contribution in [0.5, 0.6) is 0 Å². The third-order valence-corrected chi connectivity index (χ3v) is 5.31. The van der Waals surface area contributed by atoms with E-state index in [4.69, 9.17) is 13.7 Å². The van der Waals surface area contributed by atoms with Crippen LogP contribution in [0.1, 0.15) is 0 Å². The molecule has 0 aliphatic rings. The van der Waals surface area contributed by atoms with Gasteiger partial charge < -0.3 is 0 Å². The van der Waals surface area contributed by atoms with Gasteiger partial charge in [0.05, 0.1) is 9.79 Å². The van der Waals surface area contributed by atoms with Gasteiger partial charge in [0.2, 0.25) is 0 Å². The maximum atomic E-state index is 11.3. The molecule has 0 unspecified atom stereocenters. The Balaban J connectivity index is 0.00000264. The summed E-state index contributed by atoms with van der Waals surface area (Å²) < 4.78 is 94.1. The molecule has 2 aromatic rings. The Morgan fingerprint density at radius 2 is 1.08 bits per heavy atom. The Labute approximate surface area is 182 Å². The zero-order chi connectivity index (χ0) is 16.9. The Bertz CT molecular complexity index is 1080. The average molecular weight is 416 g/mol. The van der Waals surface area contributed by atoms with Crippen LogP contribution >= 0.6 is 0 Å². The molecular formula is C10H10Na2O9S3. The van der Waals surface area contributed by atoms with E-state index in [1.807, 2.05) is 0 Å². The SMILES string of the molecule is O=S(=O)(O)c1ccc2c(S(=O)(=O)O)cc(S(=O)(=O)O)cc2c1.[NaH].[NaH]. The van der Waals surface area contributed by atoms with E-state index in [-0.39, 0.29) is 69.9 Å². The van der Waals surface area contributed by atoms with Crippen LogP contribution in [-0.4, -0.2) is 98.0 Å². The second-order valence-electron chi connectivity index (χ2n) is 4.23. The third kappa shape index (κ3) is 5.46.